The van der Waals surface area contributed by atoms with Crippen molar-refractivity contribution in [3.63, 3.8) is 0 Å². The fourth-order valence-electron chi connectivity index (χ4n) is 2.80. The molecule has 1 heterocycles. The lowest BCUT2D eigenvalue weighted by molar-refractivity contribution is 0.0886. The van der Waals surface area contributed by atoms with Gasteiger partial charge in [-0.15, -0.1) is 0 Å². The number of hydrogen-bond acceptors (Lipinski definition) is 3. The SMILES string of the molecule is CN(C)CC1CCN(CC(=O)c2cccc(Cl)c2)CC1. The van der Waals surface area contributed by atoms with Crippen molar-refractivity contribution in [2.75, 3.05) is 40.3 Å². The van der Waals surface area contributed by atoms with Crippen LogP contribution in [0.3, 0.4) is 0 Å². The average Bonchev–Trinajstić information content (AvgIpc) is 2.40. The summed E-state index contributed by atoms with van der Waals surface area (Å²) < 4.78 is 0. The van der Waals surface area contributed by atoms with E-state index < -0.39 is 0 Å². The van der Waals surface area contributed by atoms with Crippen LogP contribution in [0.2, 0.25) is 5.02 Å². The Kier molecular flexibility index (Phi) is 5.58. The van der Waals surface area contributed by atoms with Gasteiger partial charge >= 0.3 is 0 Å². The normalized spacial score (nSPS) is 17.6. The van der Waals surface area contributed by atoms with Gasteiger partial charge in [0.2, 0.25) is 0 Å². The Morgan fingerprint density at radius 2 is 2.05 bits per heavy atom. The predicted octanol–water partition coefficient (Wildman–Crippen LogP) is 2.80. The molecule has 20 heavy (non-hydrogen) atoms. The van der Waals surface area contributed by atoms with Gasteiger partial charge in [-0.2, -0.15) is 0 Å². The maximum atomic E-state index is 12.2. The number of carbonyl (C=O) groups excluding carboxylic acids is 1. The molecular formula is C16H23ClN2O. The highest BCUT2D eigenvalue weighted by Gasteiger charge is 2.21. The van der Waals surface area contributed by atoms with E-state index in [-0.39, 0.29) is 5.78 Å². The van der Waals surface area contributed by atoms with Crippen LogP contribution in [0.4, 0.5) is 0 Å². The molecule has 0 bridgehead atoms. The predicted molar refractivity (Wildman–Crippen MR) is 83.5 cm³/mol. The Labute approximate surface area is 126 Å². The third-order valence-corrected chi connectivity index (χ3v) is 4.08. The Morgan fingerprint density at radius 3 is 2.65 bits per heavy atom. The second kappa shape index (κ2) is 7.21. The molecule has 0 aliphatic carbocycles. The monoisotopic (exact) mass is 294 g/mol. The van der Waals surface area contributed by atoms with Gasteiger partial charge in [0.05, 0.1) is 6.54 Å². The van der Waals surface area contributed by atoms with Gasteiger partial charge in [0, 0.05) is 17.1 Å². The molecule has 1 fully saturated rings. The van der Waals surface area contributed by atoms with Crippen molar-refractivity contribution in [1.82, 2.24) is 9.80 Å². The molecule has 0 spiro atoms. The van der Waals surface area contributed by atoms with Gasteiger partial charge in [0.15, 0.2) is 5.78 Å². The molecule has 110 valence electrons. The van der Waals surface area contributed by atoms with Crippen LogP contribution < -0.4 is 0 Å². The number of carbonyl (C=O) groups is 1. The van der Waals surface area contributed by atoms with Crippen LogP contribution in [0.15, 0.2) is 24.3 Å². The molecular weight excluding hydrogens is 272 g/mol. The van der Waals surface area contributed by atoms with Gasteiger partial charge < -0.3 is 4.90 Å². The van der Waals surface area contributed by atoms with Crippen LogP contribution in [0, 0.1) is 5.92 Å². The molecule has 2 rings (SSSR count). The van der Waals surface area contributed by atoms with E-state index in [9.17, 15) is 4.79 Å². The van der Waals surface area contributed by atoms with Crippen LogP contribution in [0.25, 0.3) is 0 Å². The first kappa shape index (κ1) is 15.5. The van der Waals surface area contributed by atoms with Gasteiger partial charge in [0.1, 0.15) is 0 Å². The summed E-state index contributed by atoms with van der Waals surface area (Å²) in [5.74, 6) is 0.932. The molecule has 4 heteroatoms. The Morgan fingerprint density at radius 1 is 1.35 bits per heavy atom. The van der Waals surface area contributed by atoms with E-state index in [0.717, 1.165) is 25.6 Å². The van der Waals surface area contributed by atoms with E-state index in [1.54, 1.807) is 12.1 Å². The second-order valence-corrected chi connectivity index (χ2v) is 6.35. The molecule has 1 saturated heterocycles. The average molecular weight is 295 g/mol. The van der Waals surface area contributed by atoms with E-state index in [1.807, 2.05) is 12.1 Å². The fourth-order valence-corrected chi connectivity index (χ4v) is 2.99. The van der Waals surface area contributed by atoms with E-state index in [2.05, 4.69) is 23.9 Å². The largest absolute Gasteiger partial charge is 0.309 e. The Bertz CT molecular complexity index is 454. The van der Waals surface area contributed by atoms with Crippen molar-refractivity contribution in [1.29, 1.82) is 0 Å². The minimum absolute atomic E-state index is 0.165. The van der Waals surface area contributed by atoms with Crippen LogP contribution in [0.1, 0.15) is 23.2 Å². The quantitative estimate of drug-likeness (QED) is 0.780. The number of benzene rings is 1. The molecule has 0 amide bonds. The van der Waals surface area contributed by atoms with Crippen molar-refractivity contribution in [3.05, 3.63) is 34.9 Å². The molecule has 0 saturated carbocycles. The summed E-state index contributed by atoms with van der Waals surface area (Å²) in [5, 5.41) is 0.626. The summed E-state index contributed by atoms with van der Waals surface area (Å²) in [6, 6.07) is 7.22. The second-order valence-electron chi connectivity index (χ2n) is 5.92. The number of nitrogens with zero attached hydrogens (tertiary/aromatic N) is 2. The highest BCUT2D eigenvalue weighted by molar-refractivity contribution is 6.31. The number of rotatable bonds is 5. The summed E-state index contributed by atoms with van der Waals surface area (Å²) in [5.41, 5.74) is 0.716. The minimum Gasteiger partial charge on any atom is -0.309 e. The zero-order valence-electron chi connectivity index (χ0n) is 12.3. The number of hydrogen-bond donors (Lipinski definition) is 0. The van der Waals surface area contributed by atoms with Crippen molar-refractivity contribution >= 4 is 17.4 Å². The van der Waals surface area contributed by atoms with Crippen molar-refractivity contribution < 1.29 is 4.79 Å². The van der Waals surface area contributed by atoms with E-state index in [0.29, 0.717) is 17.1 Å². The summed E-state index contributed by atoms with van der Waals surface area (Å²) in [4.78, 5) is 16.7. The highest BCUT2D eigenvalue weighted by Crippen LogP contribution is 2.18. The molecule has 0 aromatic heterocycles. The number of ketones is 1. The van der Waals surface area contributed by atoms with E-state index >= 15 is 0 Å². The Balaban J connectivity index is 1.82. The Hall–Kier alpha value is -0.900. The van der Waals surface area contributed by atoms with Crippen LogP contribution in [-0.2, 0) is 0 Å². The van der Waals surface area contributed by atoms with Crippen LogP contribution in [-0.4, -0.2) is 55.9 Å². The molecule has 3 nitrogen and oxygen atoms in total. The molecule has 0 unspecified atom stereocenters. The van der Waals surface area contributed by atoms with Gasteiger partial charge in [-0.25, -0.2) is 0 Å². The van der Waals surface area contributed by atoms with Gasteiger partial charge in [-0.1, -0.05) is 23.7 Å². The smallest absolute Gasteiger partial charge is 0.176 e. The molecule has 1 aliphatic heterocycles. The first-order valence-corrected chi connectivity index (χ1v) is 7.58. The van der Waals surface area contributed by atoms with E-state index in [1.165, 1.54) is 12.8 Å². The maximum absolute atomic E-state index is 12.2. The first-order chi connectivity index (χ1) is 9.54. The fraction of sp³-hybridized carbons (Fsp3) is 0.562. The number of piperidine rings is 1. The van der Waals surface area contributed by atoms with Crippen molar-refractivity contribution in [2.24, 2.45) is 5.92 Å². The summed E-state index contributed by atoms with van der Waals surface area (Å²) in [6.45, 7) is 3.70. The van der Waals surface area contributed by atoms with Gasteiger partial charge in [0.25, 0.3) is 0 Å². The lowest BCUT2D eigenvalue weighted by atomic mass is 9.96. The number of halogens is 1. The summed E-state index contributed by atoms with van der Waals surface area (Å²) in [7, 11) is 4.24. The topological polar surface area (TPSA) is 23.6 Å². The number of Topliss-reactive ketones (excluding diaryl/α,β-unsaturated/α-hetero) is 1. The maximum Gasteiger partial charge on any atom is 0.176 e. The summed E-state index contributed by atoms with van der Waals surface area (Å²) >= 11 is 5.93. The lowest BCUT2D eigenvalue weighted by Crippen LogP contribution is -2.39. The third-order valence-electron chi connectivity index (χ3n) is 3.84. The van der Waals surface area contributed by atoms with Crippen LogP contribution in [0.5, 0.6) is 0 Å². The minimum atomic E-state index is 0.165. The highest BCUT2D eigenvalue weighted by atomic mass is 35.5. The molecule has 1 aliphatic rings. The molecule has 1 aromatic rings. The number of likely N-dealkylation sites (tertiary alicyclic amines) is 1. The van der Waals surface area contributed by atoms with Crippen molar-refractivity contribution in [3.8, 4) is 0 Å². The van der Waals surface area contributed by atoms with Gasteiger partial charge in [-0.3, -0.25) is 9.69 Å². The summed E-state index contributed by atoms with van der Waals surface area (Å²) in [6.07, 6.45) is 2.36. The molecule has 0 radical (unpaired) electrons. The lowest BCUT2D eigenvalue weighted by Gasteiger charge is -2.32. The first-order valence-electron chi connectivity index (χ1n) is 7.20. The third kappa shape index (κ3) is 4.58. The van der Waals surface area contributed by atoms with Crippen molar-refractivity contribution in [2.45, 2.75) is 12.8 Å². The van der Waals surface area contributed by atoms with Crippen LogP contribution >= 0.6 is 11.6 Å². The molecule has 0 atom stereocenters. The van der Waals surface area contributed by atoms with Gasteiger partial charge in [-0.05, 0) is 58.1 Å². The standard InChI is InChI=1S/C16H23ClN2O/c1-18(2)11-13-6-8-19(9-7-13)12-16(20)14-4-3-5-15(17)10-14/h3-5,10,13H,6-9,11-12H2,1-2H3. The molecule has 1 aromatic carbocycles. The molecule has 0 N–H and O–H groups in total. The van der Waals surface area contributed by atoms with E-state index in [4.69, 9.17) is 11.6 Å². The zero-order chi connectivity index (χ0) is 14.5. The zero-order valence-corrected chi connectivity index (χ0v) is 13.1.